The van der Waals surface area contributed by atoms with Crippen molar-refractivity contribution in [1.82, 2.24) is 0 Å². The Hall–Kier alpha value is -0.760. The Morgan fingerprint density at radius 3 is 2.67 bits per heavy atom. The molecule has 0 heterocycles. The summed E-state index contributed by atoms with van der Waals surface area (Å²) in [4.78, 5) is 10.5. The zero-order valence-electron chi connectivity index (χ0n) is 5.06. The number of ether oxygens (including phenoxy) is 1. The molecule has 0 fully saturated rings. The first kappa shape index (κ1) is 8.24. The number of carbonyl (C=O) groups excluding carboxylic acids is 1. The SMILES string of the molecule is C=C(C)C(=O)O/C=C/Cl. The van der Waals surface area contributed by atoms with Crippen LogP contribution in [-0.2, 0) is 9.53 Å². The molecular weight excluding hydrogens is 140 g/mol. The monoisotopic (exact) mass is 146 g/mol. The van der Waals surface area contributed by atoms with Gasteiger partial charge in [-0.25, -0.2) is 4.79 Å². The average molecular weight is 147 g/mol. The van der Waals surface area contributed by atoms with Gasteiger partial charge in [0.25, 0.3) is 0 Å². The minimum atomic E-state index is -0.466. The summed E-state index contributed by atoms with van der Waals surface area (Å²) < 4.78 is 4.40. The van der Waals surface area contributed by atoms with Crippen LogP contribution in [-0.4, -0.2) is 5.97 Å². The molecule has 0 N–H and O–H groups in total. The van der Waals surface area contributed by atoms with Gasteiger partial charge < -0.3 is 4.74 Å². The molecule has 0 aromatic carbocycles. The van der Waals surface area contributed by atoms with Gasteiger partial charge in [0, 0.05) is 11.1 Å². The van der Waals surface area contributed by atoms with Crippen LogP contribution in [0.5, 0.6) is 0 Å². The van der Waals surface area contributed by atoms with Gasteiger partial charge in [-0.3, -0.25) is 0 Å². The smallest absolute Gasteiger partial charge is 0.337 e. The maximum atomic E-state index is 10.5. The lowest BCUT2D eigenvalue weighted by atomic mass is 10.4. The predicted molar refractivity (Wildman–Crippen MR) is 35.9 cm³/mol. The van der Waals surface area contributed by atoms with Crippen molar-refractivity contribution in [3.8, 4) is 0 Å². The van der Waals surface area contributed by atoms with Gasteiger partial charge in [0.2, 0.25) is 0 Å². The van der Waals surface area contributed by atoms with Crippen molar-refractivity contribution in [3.05, 3.63) is 23.9 Å². The van der Waals surface area contributed by atoms with Crippen molar-refractivity contribution < 1.29 is 9.53 Å². The van der Waals surface area contributed by atoms with Crippen LogP contribution in [0, 0.1) is 0 Å². The van der Waals surface area contributed by atoms with Crippen molar-refractivity contribution >= 4 is 17.6 Å². The van der Waals surface area contributed by atoms with Gasteiger partial charge in [-0.1, -0.05) is 18.2 Å². The molecule has 2 nitrogen and oxygen atoms in total. The summed E-state index contributed by atoms with van der Waals surface area (Å²) in [7, 11) is 0. The molecule has 0 rings (SSSR count). The van der Waals surface area contributed by atoms with Crippen LogP contribution in [0.4, 0.5) is 0 Å². The number of rotatable bonds is 2. The molecule has 0 atom stereocenters. The first-order valence-electron chi connectivity index (χ1n) is 2.30. The van der Waals surface area contributed by atoms with E-state index in [2.05, 4.69) is 11.3 Å². The average Bonchev–Trinajstić information content (AvgIpc) is 1.82. The second-order valence-corrected chi connectivity index (χ2v) is 1.70. The zero-order valence-corrected chi connectivity index (χ0v) is 5.81. The predicted octanol–water partition coefficient (Wildman–Crippen LogP) is 1.82. The molecule has 0 bridgehead atoms. The maximum Gasteiger partial charge on any atom is 0.337 e. The Labute approximate surface area is 58.8 Å². The molecule has 0 aliphatic heterocycles. The van der Waals surface area contributed by atoms with Crippen molar-refractivity contribution in [1.29, 1.82) is 0 Å². The normalized spacial score (nSPS) is 9.56. The molecule has 0 aromatic rings. The Bertz CT molecular complexity index is 149. The third-order valence-corrected chi connectivity index (χ3v) is 0.678. The molecule has 3 heteroatoms. The second-order valence-electron chi connectivity index (χ2n) is 1.45. The van der Waals surface area contributed by atoms with E-state index in [-0.39, 0.29) is 0 Å². The molecule has 9 heavy (non-hydrogen) atoms. The summed E-state index contributed by atoms with van der Waals surface area (Å²) in [5, 5.41) is 0. The lowest BCUT2D eigenvalue weighted by Crippen LogP contribution is -1.98. The number of halogens is 1. The summed E-state index contributed by atoms with van der Waals surface area (Å²) in [6, 6.07) is 0. The van der Waals surface area contributed by atoms with E-state index >= 15 is 0 Å². The van der Waals surface area contributed by atoms with E-state index in [1.165, 1.54) is 0 Å². The number of carbonyl (C=O) groups is 1. The van der Waals surface area contributed by atoms with E-state index in [1.807, 2.05) is 0 Å². The Balaban J connectivity index is 3.65. The third-order valence-electron chi connectivity index (χ3n) is 0.575. The molecule has 50 valence electrons. The minimum Gasteiger partial charge on any atom is -0.430 e. The summed E-state index contributed by atoms with van der Waals surface area (Å²) in [5.74, 6) is -0.466. The highest BCUT2D eigenvalue weighted by Crippen LogP contribution is 1.92. The van der Waals surface area contributed by atoms with E-state index < -0.39 is 5.97 Å². The third kappa shape index (κ3) is 3.79. The van der Waals surface area contributed by atoms with Gasteiger partial charge in [-0.15, -0.1) is 0 Å². The van der Waals surface area contributed by atoms with E-state index in [9.17, 15) is 4.79 Å². The Morgan fingerprint density at radius 2 is 2.33 bits per heavy atom. The molecule has 0 unspecified atom stereocenters. The molecule has 0 aliphatic carbocycles. The van der Waals surface area contributed by atoms with Crippen LogP contribution in [0.15, 0.2) is 23.9 Å². The van der Waals surface area contributed by atoms with E-state index in [0.717, 1.165) is 11.8 Å². The molecular formula is C6H7ClO2. The van der Waals surface area contributed by atoms with Crippen LogP contribution in [0.2, 0.25) is 0 Å². The van der Waals surface area contributed by atoms with Crippen molar-refractivity contribution in [3.63, 3.8) is 0 Å². The first-order valence-corrected chi connectivity index (χ1v) is 2.74. The number of hydrogen-bond donors (Lipinski definition) is 0. The fraction of sp³-hybridized carbons (Fsp3) is 0.167. The van der Waals surface area contributed by atoms with Gasteiger partial charge in [-0.2, -0.15) is 0 Å². The van der Waals surface area contributed by atoms with Gasteiger partial charge in [-0.05, 0) is 6.92 Å². The van der Waals surface area contributed by atoms with Crippen LogP contribution in [0.25, 0.3) is 0 Å². The van der Waals surface area contributed by atoms with Gasteiger partial charge >= 0.3 is 5.97 Å². The fourth-order valence-electron chi connectivity index (χ4n) is 0.188. The molecule has 0 saturated heterocycles. The highest BCUT2D eigenvalue weighted by atomic mass is 35.5. The van der Waals surface area contributed by atoms with Crippen LogP contribution in [0.3, 0.4) is 0 Å². The lowest BCUT2D eigenvalue weighted by molar-refractivity contribution is -0.133. The fourth-order valence-corrected chi connectivity index (χ4v) is 0.240. The van der Waals surface area contributed by atoms with E-state index in [1.54, 1.807) is 6.92 Å². The van der Waals surface area contributed by atoms with Crippen molar-refractivity contribution in [2.75, 3.05) is 0 Å². The topological polar surface area (TPSA) is 26.3 Å². The Kier molecular flexibility index (Phi) is 3.80. The largest absolute Gasteiger partial charge is 0.430 e. The molecule has 0 spiro atoms. The number of esters is 1. The van der Waals surface area contributed by atoms with Gasteiger partial charge in [0.15, 0.2) is 0 Å². The molecule has 0 amide bonds. The number of hydrogen-bond acceptors (Lipinski definition) is 2. The molecule has 0 radical (unpaired) electrons. The molecule has 0 saturated carbocycles. The lowest BCUT2D eigenvalue weighted by Gasteiger charge is -1.93. The van der Waals surface area contributed by atoms with Gasteiger partial charge in [0.1, 0.15) is 6.26 Å². The summed E-state index contributed by atoms with van der Waals surface area (Å²) in [6.07, 6.45) is 1.10. The molecule has 0 aromatic heterocycles. The second kappa shape index (κ2) is 4.15. The first-order chi connectivity index (χ1) is 4.18. The minimum absolute atomic E-state index is 0.352. The van der Waals surface area contributed by atoms with Crippen LogP contribution in [0.1, 0.15) is 6.92 Å². The zero-order chi connectivity index (χ0) is 7.28. The quantitative estimate of drug-likeness (QED) is 0.338. The standard InChI is InChI=1S/C6H7ClO2/c1-5(2)6(8)9-4-3-7/h3-4H,1H2,2H3/b4-3+. The van der Waals surface area contributed by atoms with Crippen molar-refractivity contribution in [2.45, 2.75) is 6.92 Å². The summed E-state index contributed by atoms with van der Waals surface area (Å²) >= 11 is 5.06. The van der Waals surface area contributed by atoms with Gasteiger partial charge in [0.05, 0.1) is 0 Å². The van der Waals surface area contributed by atoms with Crippen LogP contribution < -0.4 is 0 Å². The van der Waals surface area contributed by atoms with E-state index in [4.69, 9.17) is 11.6 Å². The van der Waals surface area contributed by atoms with E-state index in [0.29, 0.717) is 5.57 Å². The summed E-state index contributed by atoms with van der Waals surface area (Å²) in [5.41, 5.74) is 1.46. The van der Waals surface area contributed by atoms with Crippen LogP contribution >= 0.6 is 11.6 Å². The summed E-state index contributed by atoms with van der Waals surface area (Å²) in [6.45, 7) is 4.92. The Morgan fingerprint density at radius 1 is 1.78 bits per heavy atom. The molecule has 0 aliphatic rings. The highest BCUT2D eigenvalue weighted by Gasteiger charge is 1.97. The maximum absolute atomic E-state index is 10.5. The van der Waals surface area contributed by atoms with Crippen molar-refractivity contribution in [2.24, 2.45) is 0 Å². The highest BCUT2D eigenvalue weighted by molar-refractivity contribution is 6.25.